The van der Waals surface area contributed by atoms with Crippen molar-refractivity contribution in [2.75, 3.05) is 14.2 Å². The van der Waals surface area contributed by atoms with Gasteiger partial charge in [-0.25, -0.2) is 0 Å². The number of nitrogens with zero attached hydrogens (tertiary/aromatic N) is 1. The van der Waals surface area contributed by atoms with Crippen molar-refractivity contribution >= 4 is 10.9 Å². The molecule has 114 valence electrons. The van der Waals surface area contributed by atoms with Gasteiger partial charge in [0.1, 0.15) is 0 Å². The minimum absolute atomic E-state index is 0.137. The van der Waals surface area contributed by atoms with E-state index in [1.54, 1.807) is 0 Å². The van der Waals surface area contributed by atoms with Gasteiger partial charge in [0.25, 0.3) is 0 Å². The molecule has 21 heavy (non-hydrogen) atoms. The zero-order valence-electron chi connectivity index (χ0n) is 13.5. The van der Waals surface area contributed by atoms with Crippen LogP contribution in [-0.4, -0.2) is 30.8 Å². The fourth-order valence-corrected chi connectivity index (χ4v) is 3.16. The van der Waals surface area contributed by atoms with Gasteiger partial charge in [-0.3, -0.25) is 4.98 Å². The molecule has 1 atom stereocenters. The molecular weight excluding hydrogens is 260 g/mol. The summed E-state index contributed by atoms with van der Waals surface area (Å²) in [6, 6.07) is 12.8. The summed E-state index contributed by atoms with van der Waals surface area (Å²) in [7, 11) is 3.82. The Hall–Kier alpha value is -1.45. The molecule has 1 aromatic carbocycles. The average molecular weight is 286 g/mol. The van der Waals surface area contributed by atoms with Gasteiger partial charge >= 0.3 is 0 Å². The van der Waals surface area contributed by atoms with Gasteiger partial charge in [0.05, 0.1) is 11.1 Å². The van der Waals surface area contributed by atoms with Crippen molar-refractivity contribution in [3.05, 3.63) is 42.1 Å². The molecule has 1 N–H and O–H groups in total. The molecule has 2 rings (SSSR count). The SMILES string of the molecule is CCC(CC)(OC)C(Cc1ccc2ccccc2n1)NC. The maximum absolute atomic E-state index is 5.86. The predicted octanol–water partition coefficient (Wildman–Crippen LogP) is 3.57. The first-order valence-electron chi connectivity index (χ1n) is 7.76. The minimum atomic E-state index is -0.137. The van der Waals surface area contributed by atoms with Crippen LogP contribution in [0.15, 0.2) is 36.4 Å². The number of fused-ring (bicyclic) bond motifs is 1. The second-order valence-corrected chi connectivity index (χ2v) is 5.52. The molecule has 0 aliphatic heterocycles. The van der Waals surface area contributed by atoms with Gasteiger partial charge in [-0.1, -0.05) is 38.1 Å². The molecule has 0 saturated carbocycles. The highest BCUT2D eigenvalue weighted by Gasteiger charge is 2.35. The van der Waals surface area contributed by atoms with Gasteiger partial charge < -0.3 is 10.1 Å². The number of likely N-dealkylation sites (N-methyl/N-ethyl adjacent to an activating group) is 1. The Bertz CT molecular complexity index is 570. The van der Waals surface area contributed by atoms with Crippen LogP contribution in [0.3, 0.4) is 0 Å². The molecule has 0 aliphatic carbocycles. The first kappa shape index (κ1) is 15.9. The minimum Gasteiger partial charge on any atom is -0.377 e. The van der Waals surface area contributed by atoms with Crippen LogP contribution in [-0.2, 0) is 11.2 Å². The predicted molar refractivity (Wildman–Crippen MR) is 88.6 cm³/mol. The quantitative estimate of drug-likeness (QED) is 0.845. The Morgan fingerprint density at radius 2 is 1.86 bits per heavy atom. The van der Waals surface area contributed by atoms with E-state index in [2.05, 4.69) is 43.4 Å². The van der Waals surface area contributed by atoms with E-state index < -0.39 is 0 Å². The van der Waals surface area contributed by atoms with Crippen LogP contribution >= 0.6 is 0 Å². The number of methoxy groups -OCH3 is 1. The Labute approximate surface area is 127 Å². The van der Waals surface area contributed by atoms with Gasteiger partial charge in [0.2, 0.25) is 0 Å². The van der Waals surface area contributed by atoms with Crippen molar-refractivity contribution in [2.24, 2.45) is 0 Å². The summed E-state index contributed by atoms with van der Waals surface area (Å²) in [6.45, 7) is 4.37. The number of benzene rings is 1. The van der Waals surface area contributed by atoms with Crippen LogP contribution in [0.4, 0.5) is 0 Å². The van der Waals surface area contributed by atoms with Crippen LogP contribution < -0.4 is 5.32 Å². The smallest absolute Gasteiger partial charge is 0.0829 e. The largest absolute Gasteiger partial charge is 0.377 e. The summed E-state index contributed by atoms with van der Waals surface area (Å²) in [5.74, 6) is 0. The van der Waals surface area contributed by atoms with Gasteiger partial charge in [0.15, 0.2) is 0 Å². The molecule has 2 aromatic rings. The van der Waals surface area contributed by atoms with Gasteiger partial charge in [-0.2, -0.15) is 0 Å². The van der Waals surface area contributed by atoms with Crippen molar-refractivity contribution in [2.45, 2.75) is 44.8 Å². The summed E-state index contributed by atoms with van der Waals surface area (Å²) in [5, 5.41) is 4.61. The number of ether oxygens (including phenoxy) is 1. The zero-order valence-corrected chi connectivity index (χ0v) is 13.5. The number of nitrogens with one attached hydrogen (secondary N) is 1. The van der Waals surface area contributed by atoms with E-state index in [0.29, 0.717) is 0 Å². The summed E-state index contributed by atoms with van der Waals surface area (Å²) in [6.07, 6.45) is 2.84. The van der Waals surface area contributed by atoms with E-state index in [9.17, 15) is 0 Å². The molecular formula is C18H26N2O. The van der Waals surface area contributed by atoms with E-state index >= 15 is 0 Å². The molecule has 0 saturated heterocycles. The van der Waals surface area contributed by atoms with Gasteiger partial charge in [0, 0.05) is 30.7 Å². The summed E-state index contributed by atoms with van der Waals surface area (Å²) in [4.78, 5) is 4.78. The second-order valence-electron chi connectivity index (χ2n) is 5.52. The Balaban J connectivity index is 2.27. The first-order valence-corrected chi connectivity index (χ1v) is 7.76. The number of aromatic nitrogens is 1. The highest BCUT2D eigenvalue weighted by atomic mass is 16.5. The third kappa shape index (κ3) is 3.25. The molecule has 0 bridgehead atoms. The Morgan fingerprint density at radius 3 is 2.48 bits per heavy atom. The fourth-order valence-electron chi connectivity index (χ4n) is 3.16. The molecule has 0 spiro atoms. The molecule has 1 heterocycles. The molecule has 0 radical (unpaired) electrons. The first-order chi connectivity index (χ1) is 10.2. The molecule has 0 amide bonds. The monoisotopic (exact) mass is 286 g/mol. The number of rotatable bonds is 7. The number of para-hydroxylation sites is 1. The maximum atomic E-state index is 5.86. The fraction of sp³-hybridized carbons (Fsp3) is 0.500. The van der Waals surface area contributed by atoms with Crippen molar-refractivity contribution in [1.29, 1.82) is 0 Å². The molecule has 1 aromatic heterocycles. The van der Waals surface area contributed by atoms with E-state index in [0.717, 1.165) is 30.5 Å². The molecule has 0 aliphatic rings. The highest BCUT2D eigenvalue weighted by molar-refractivity contribution is 5.78. The number of hydrogen-bond donors (Lipinski definition) is 1. The molecule has 3 heteroatoms. The van der Waals surface area contributed by atoms with Crippen molar-refractivity contribution in [1.82, 2.24) is 10.3 Å². The van der Waals surface area contributed by atoms with Crippen LogP contribution in [0.2, 0.25) is 0 Å². The van der Waals surface area contributed by atoms with Gasteiger partial charge in [-0.15, -0.1) is 0 Å². The summed E-state index contributed by atoms with van der Waals surface area (Å²) < 4.78 is 5.86. The standard InChI is InChI=1S/C18H26N2O/c1-5-18(6-2,21-4)17(19-3)13-15-12-11-14-9-7-8-10-16(14)20-15/h7-12,17,19H,5-6,13H2,1-4H3. The van der Waals surface area contributed by atoms with E-state index in [1.807, 2.05) is 26.3 Å². The Kier molecular flexibility index (Phi) is 5.32. The lowest BCUT2D eigenvalue weighted by molar-refractivity contribution is -0.0456. The number of hydrogen-bond acceptors (Lipinski definition) is 3. The van der Waals surface area contributed by atoms with Crippen molar-refractivity contribution in [3.8, 4) is 0 Å². The lowest BCUT2D eigenvalue weighted by Crippen LogP contribution is -2.51. The molecule has 1 unspecified atom stereocenters. The topological polar surface area (TPSA) is 34.1 Å². The van der Waals surface area contributed by atoms with E-state index in [4.69, 9.17) is 9.72 Å². The zero-order chi connectivity index (χ0) is 15.3. The third-order valence-corrected chi connectivity index (χ3v) is 4.66. The second kappa shape index (κ2) is 7.01. The van der Waals surface area contributed by atoms with Crippen molar-refractivity contribution < 1.29 is 4.74 Å². The summed E-state index contributed by atoms with van der Waals surface area (Å²) in [5.41, 5.74) is 2.03. The average Bonchev–Trinajstić information content (AvgIpc) is 2.55. The van der Waals surface area contributed by atoms with E-state index in [1.165, 1.54) is 5.39 Å². The van der Waals surface area contributed by atoms with Crippen LogP contribution in [0, 0.1) is 0 Å². The Morgan fingerprint density at radius 1 is 1.14 bits per heavy atom. The van der Waals surface area contributed by atoms with Crippen LogP contribution in [0.1, 0.15) is 32.4 Å². The van der Waals surface area contributed by atoms with Crippen molar-refractivity contribution in [3.63, 3.8) is 0 Å². The van der Waals surface area contributed by atoms with Crippen LogP contribution in [0.5, 0.6) is 0 Å². The van der Waals surface area contributed by atoms with E-state index in [-0.39, 0.29) is 11.6 Å². The maximum Gasteiger partial charge on any atom is 0.0829 e. The summed E-state index contributed by atoms with van der Waals surface area (Å²) >= 11 is 0. The number of pyridine rings is 1. The molecule has 3 nitrogen and oxygen atoms in total. The van der Waals surface area contributed by atoms with Gasteiger partial charge in [-0.05, 0) is 32.0 Å². The van der Waals surface area contributed by atoms with Crippen LogP contribution in [0.25, 0.3) is 10.9 Å². The highest BCUT2D eigenvalue weighted by Crippen LogP contribution is 2.26. The lowest BCUT2D eigenvalue weighted by Gasteiger charge is -2.38. The third-order valence-electron chi connectivity index (χ3n) is 4.66. The lowest BCUT2D eigenvalue weighted by atomic mass is 9.85. The normalized spacial score (nSPS) is 13.5. The molecule has 0 fully saturated rings.